The van der Waals surface area contributed by atoms with Crippen LogP contribution in [0.2, 0.25) is 0 Å². The van der Waals surface area contributed by atoms with E-state index < -0.39 is 11.2 Å². The molecular weight excluding hydrogens is 494 g/mol. The number of piperidine rings is 1. The molecule has 0 amide bonds. The van der Waals surface area contributed by atoms with E-state index in [4.69, 9.17) is 9.47 Å². The van der Waals surface area contributed by atoms with Crippen LogP contribution in [0.1, 0.15) is 74.3 Å². The average molecular weight is 536 g/mol. The number of aliphatic hydroxyl groups is 1. The smallest absolute Gasteiger partial charge is 0.165 e. The second kappa shape index (κ2) is 7.99. The fourth-order valence-electron chi connectivity index (χ4n) is 10.5. The number of hydrogen-bond donors (Lipinski definition) is 2. The summed E-state index contributed by atoms with van der Waals surface area (Å²) in [5.74, 6) is 1.80. The summed E-state index contributed by atoms with van der Waals surface area (Å²) in [7, 11) is 1.84. The van der Waals surface area contributed by atoms with Crippen molar-refractivity contribution in [3.05, 3.63) is 45.6 Å². The molecular formula is C32H41NO4S. The van der Waals surface area contributed by atoms with Crippen LogP contribution in [0.25, 0.3) is 0 Å². The molecule has 6 heteroatoms. The Balaban J connectivity index is 1.26. The lowest BCUT2D eigenvalue weighted by Crippen LogP contribution is -2.82. The second-order valence-corrected chi connectivity index (χ2v) is 14.7. The lowest BCUT2D eigenvalue weighted by atomic mass is 9.33. The number of likely N-dealkylation sites (tertiary alicyclic amines) is 1. The number of benzene rings is 1. The second-order valence-electron chi connectivity index (χ2n) is 13.7. The van der Waals surface area contributed by atoms with Gasteiger partial charge in [0.15, 0.2) is 11.5 Å². The molecule has 4 bridgehead atoms. The predicted molar refractivity (Wildman–Crippen MR) is 148 cm³/mol. The van der Waals surface area contributed by atoms with E-state index in [0.29, 0.717) is 11.8 Å². The van der Waals surface area contributed by atoms with Gasteiger partial charge in [0.1, 0.15) is 11.7 Å². The standard InChI is InChI=1S/C32H41NO4S/c1-29(35,11-10-22-7-4-16-38-22)24-18-30-12-13-32(24,36-2)28-31(30)14-15-33(19-20-5-3-6-20)25(30)17-21-8-9-23(34)27(37-28)26(21)31/h4,7-9,16,20,24-25,28,34-35H,3,5-6,10-15,17-19H2,1-2H3/t24?,25?,28?,29?,30?,31-,32?/m0/s1. The zero-order valence-corrected chi connectivity index (χ0v) is 23.6. The number of fused-ring (bicyclic) bond motifs is 2. The Kier molecular flexibility index (Phi) is 5.09. The number of hydrogen-bond acceptors (Lipinski definition) is 6. The predicted octanol–water partition coefficient (Wildman–Crippen LogP) is 5.45. The number of phenols is 1. The van der Waals surface area contributed by atoms with Gasteiger partial charge in [0.25, 0.3) is 0 Å². The number of methoxy groups -OCH3 is 1. The average Bonchev–Trinajstić information content (AvgIpc) is 3.54. The number of aryl methyl sites for hydroxylation is 1. The molecule has 2 N–H and O–H groups in total. The van der Waals surface area contributed by atoms with Crippen LogP contribution in [0.5, 0.6) is 11.5 Å². The summed E-state index contributed by atoms with van der Waals surface area (Å²) >= 11 is 1.78. The third kappa shape index (κ3) is 2.83. The lowest BCUT2D eigenvalue weighted by molar-refractivity contribution is -0.303. The third-order valence-corrected chi connectivity index (χ3v) is 13.3. The highest BCUT2D eigenvalue weighted by Gasteiger charge is 2.81. The van der Waals surface area contributed by atoms with Gasteiger partial charge in [0, 0.05) is 46.9 Å². The van der Waals surface area contributed by atoms with Gasteiger partial charge in [-0.15, -0.1) is 11.3 Å². The fraction of sp³-hybridized carbons (Fsp3) is 0.688. The molecule has 38 heavy (non-hydrogen) atoms. The van der Waals surface area contributed by atoms with Gasteiger partial charge in [0.2, 0.25) is 0 Å². The zero-order valence-electron chi connectivity index (χ0n) is 22.7. The van der Waals surface area contributed by atoms with Crippen molar-refractivity contribution in [3.63, 3.8) is 0 Å². The van der Waals surface area contributed by atoms with Gasteiger partial charge in [-0.3, -0.25) is 4.90 Å². The molecule has 4 saturated carbocycles. The first-order valence-electron chi connectivity index (χ1n) is 14.9. The SMILES string of the molecule is COC12CCC3(CC1C(C)(O)CCc1cccs1)C1Cc4ccc(O)c5c4[C@@]3(CCN1CC1CCC1)C2O5. The van der Waals surface area contributed by atoms with E-state index in [-0.39, 0.29) is 28.6 Å². The molecule has 7 atom stereocenters. The van der Waals surface area contributed by atoms with Gasteiger partial charge in [0.05, 0.1) is 5.60 Å². The highest BCUT2D eigenvalue weighted by atomic mass is 32.1. The van der Waals surface area contributed by atoms with Gasteiger partial charge < -0.3 is 19.7 Å². The van der Waals surface area contributed by atoms with Crippen LogP contribution in [0.4, 0.5) is 0 Å². The van der Waals surface area contributed by atoms with Crippen LogP contribution in [-0.4, -0.2) is 58.7 Å². The fourth-order valence-corrected chi connectivity index (χ4v) is 11.2. The van der Waals surface area contributed by atoms with E-state index in [2.05, 4.69) is 35.4 Å². The number of ether oxygens (including phenoxy) is 2. The summed E-state index contributed by atoms with van der Waals surface area (Å²) in [5.41, 5.74) is 1.10. The Bertz CT molecular complexity index is 1260. The number of thiophene rings is 1. The first-order chi connectivity index (χ1) is 18.3. The van der Waals surface area contributed by atoms with E-state index in [9.17, 15) is 10.2 Å². The zero-order chi connectivity index (χ0) is 25.9. The number of rotatable bonds is 7. The minimum absolute atomic E-state index is 0.0176. The Morgan fingerprint density at radius 3 is 2.82 bits per heavy atom. The third-order valence-electron chi connectivity index (χ3n) is 12.4. The first-order valence-corrected chi connectivity index (χ1v) is 15.8. The molecule has 1 aromatic carbocycles. The summed E-state index contributed by atoms with van der Waals surface area (Å²) in [4.78, 5) is 4.18. The molecule has 7 aliphatic rings. The topological polar surface area (TPSA) is 62.2 Å². The molecule has 1 aromatic heterocycles. The normalized spacial score (nSPS) is 40.3. The van der Waals surface area contributed by atoms with E-state index in [0.717, 1.165) is 57.4 Å². The van der Waals surface area contributed by atoms with Crippen molar-refractivity contribution in [3.8, 4) is 11.5 Å². The quantitative estimate of drug-likeness (QED) is 0.494. The van der Waals surface area contributed by atoms with Crippen LogP contribution in [-0.2, 0) is 23.0 Å². The van der Waals surface area contributed by atoms with Crippen molar-refractivity contribution in [2.75, 3.05) is 20.2 Å². The Labute approximate surface area is 230 Å². The molecule has 0 radical (unpaired) electrons. The van der Waals surface area contributed by atoms with Crippen molar-refractivity contribution in [2.45, 2.75) is 99.9 Å². The largest absolute Gasteiger partial charge is 0.504 e. The summed E-state index contributed by atoms with van der Waals surface area (Å²) in [5, 5.41) is 25.5. The van der Waals surface area contributed by atoms with Crippen LogP contribution in [0.15, 0.2) is 29.6 Å². The summed E-state index contributed by atoms with van der Waals surface area (Å²) in [6, 6.07) is 8.76. The number of phenolic OH excluding ortho intramolecular Hbond substituents is 1. The molecule has 3 heterocycles. The Morgan fingerprint density at radius 1 is 1.21 bits per heavy atom. The minimum Gasteiger partial charge on any atom is -0.504 e. The minimum atomic E-state index is -0.872. The summed E-state index contributed by atoms with van der Waals surface area (Å²) < 4.78 is 13.6. The lowest BCUT2D eigenvalue weighted by Gasteiger charge is -2.75. The molecule has 9 rings (SSSR count). The van der Waals surface area contributed by atoms with Gasteiger partial charge in [-0.1, -0.05) is 18.6 Å². The van der Waals surface area contributed by atoms with Gasteiger partial charge in [-0.05, 0) is 100 Å². The van der Waals surface area contributed by atoms with E-state index >= 15 is 0 Å². The number of aromatic hydroxyl groups is 1. The van der Waals surface area contributed by atoms with Crippen molar-refractivity contribution in [1.82, 2.24) is 4.90 Å². The molecule has 2 spiro atoms. The molecule has 2 aliphatic heterocycles. The van der Waals surface area contributed by atoms with Gasteiger partial charge in [-0.2, -0.15) is 0 Å². The van der Waals surface area contributed by atoms with Crippen molar-refractivity contribution in [2.24, 2.45) is 17.3 Å². The Hall–Kier alpha value is -1.60. The maximum atomic E-state index is 12.3. The van der Waals surface area contributed by atoms with Crippen LogP contribution in [0.3, 0.4) is 0 Å². The molecule has 5 nitrogen and oxygen atoms in total. The summed E-state index contributed by atoms with van der Waals surface area (Å²) in [6.45, 7) is 4.37. The maximum absolute atomic E-state index is 12.3. The molecule has 2 aromatic rings. The first kappa shape index (κ1) is 24.2. The monoisotopic (exact) mass is 535 g/mol. The van der Waals surface area contributed by atoms with Crippen molar-refractivity contribution in [1.29, 1.82) is 0 Å². The van der Waals surface area contributed by atoms with Crippen molar-refractivity contribution >= 4 is 11.3 Å². The van der Waals surface area contributed by atoms with Crippen LogP contribution >= 0.6 is 11.3 Å². The van der Waals surface area contributed by atoms with Gasteiger partial charge >= 0.3 is 0 Å². The Morgan fingerprint density at radius 2 is 2.08 bits per heavy atom. The molecule has 204 valence electrons. The highest BCUT2D eigenvalue weighted by Crippen LogP contribution is 2.77. The molecule has 1 saturated heterocycles. The van der Waals surface area contributed by atoms with Crippen LogP contribution in [0, 0.1) is 17.3 Å². The van der Waals surface area contributed by atoms with Gasteiger partial charge in [-0.25, -0.2) is 0 Å². The molecule has 5 fully saturated rings. The molecule has 5 aliphatic carbocycles. The van der Waals surface area contributed by atoms with E-state index in [1.165, 1.54) is 41.8 Å². The number of nitrogens with zero attached hydrogens (tertiary/aromatic N) is 1. The summed E-state index contributed by atoms with van der Waals surface area (Å²) in [6.07, 6.45) is 10.6. The highest BCUT2D eigenvalue weighted by molar-refractivity contribution is 7.09. The van der Waals surface area contributed by atoms with E-state index in [1.54, 1.807) is 11.3 Å². The van der Waals surface area contributed by atoms with Crippen molar-refractivity contribution < 1.29 is 19.7 Å². The van der Waals surface area contributed by atoms with E-state index in [1.807, 2.05) is 13.2 Å². The maximum Gasteiger partial charge on any atom is 0.165 e. The molecule has 6 unspecified atom stereocenters. The van der Waals surface area contributed by atoms with Crippen LogP contribution < -0.4 is 4.74 Å².